The van der Waals surface area contributed by atoms with Crippen molar-refractivity contribution in [2.45, 2.75) is 58.4 Å². The lowest BCUT2D eigenvalue weighted by Crippen LogP contribution is -2.36. The average molecular weight is 499 g/mol. The summed E-state index contributed by atoms with van der Waals surface area (Å²) in [7, 11) is 0. The van der Waals surface area contributed by atoms with Crippen LogP contribution < -0.4 is 15.4 Å². The van der Waals surface area contributed by atoms with Crippen LogP contribution in [0.25, 0.3) is 0 Å². The Morgan fingerprint density at radius 1 is 1.08 bits per heavy atom. The van der Waals surface area contributed by atoms with Crippen molar-refractivity contribution in [2.75, 3.05) is 24.6 Å². The Morgan fingerprint density at radius 2 is 1.81 bits per heavy atom. The lowest BCUT2D eigenvalue weighted by Gasteiger charge is -2.33. The molecule has 1 fully saturated rings. The van der Waals surface area contributed by atoms with Crippen molar-refractivity contribution in [1.82, 2.24) is 10.1 Å². The maximum absolute atomic E-state index is 13.9. The molecule has 6 nitrogen and oxygen atoms in total. The van der Waals surface area contributed by atoms with Crippen LogP contribution in [-0.4, -0.2) is 29.8 Å². The number of ether oxygens (including phenoxy) is 1. The molecule has 1 aromatic heterocycles. The number of rotatable bonds is 10. The number of aromatic nitrogens is 2. The van der Waals surface area contributed by atoms with Crippen molar-refractivity contribution in [2.24, 2.45) is 17.6 Å². The molecule has 0 spiro atoms. The van der Waals surface area contributed by atoms with Gasteiger partial charge in [0.2, 0.25) is 0 Å². The Balaban J connectivity index is 1.19. The standard InChI is InChI=1S/C28H36F2N4O2/c1-18(2)27-32-28(36-33-27)34-13-10-20(11-14-34)19(3)12-15-35-24-7-4-21(5-8-24)26(31)17-22-16-23(29)6-9-25(22)30/h4-9,16,18-20,26H,10-15,17,31H2,1-3H3. The summed E-state index contributed by atoms with van der Waals surface area (Å²) in [4.78, 5) is 6.71. The monoisotopic (exact) mass is 498 g/mol. The van der Waals surface area contributed by atoms with E-state index in [4.69, 9.17) is 15.0 Å². The molecule has 8 heteroatoms. The van der Waals surface area contributed by atoms with Gasteiger partial charge >= 0.3 is 6.01 Å². The quantitative estimate of drug-likeness (QED) is 0.367. The molecule has 0 radical (unpaired) electrons. The molecule has 0 amide bonds. The molecular formula is C28H36F2N4O2. The number of hydrogen-bond donors (Lipinski definition) is 1. The predicted octanol–water partition coefficient (Wildman–Crippen LogP) is 6.04. The lowest BCUT2D eigenvalue weighted by atomic mass is 9.84. The van der Waals surface area contributed by atoms with E-state index in [2.05, 4.69) is 35.8 Å². The van der Waals surface area contributed by atoms with E-state index in [1.165, 1.54) is 6.07 Å². The van der Waals surface area contributed by atoms with Gasteiger partial charge in [-0.3, -0.25) is 0 Å². The van der Waals surface area contributed by atoms with Gasteiger partial charge in [-0.2, -0.15) is 4.98 Å². The number of anilines is 1. The van der Waals surface area contributed by atoms with Gasteiger partial charge in [0, 0.05) is 25.0 Å². The topological polar surface area (TPSA) is 77.4 Å². The van der Waals surface area contributed by atoms with Crippen molar-refractivity contribution >= 4 is 6.01 Å². The summed E-state index contributed by atoms with van der Waals surface area (Å²) in [6, 6.07) is 11.2. The fourth-order valence-corrected chi connectivity index (χ4v) is 4.71. The molecule has 2 heterocycles. The van der Waals surface area contributed by atoms with Crippen molar-refractivity contribution in [3.8, 4) is 5.75 Å². The number of halogens is 2. The highest BCUT2D eigenvalue weighted by molar-refractivity contribution is 5.31. The number of benzene rings is 2. The molecule has 2 unspecified atom stereocenters. The summed E-state index contributed by atoms with van der Waals surface area (Å²) in [5.41, 5.74) is 7.37. The van der Waals surface area contributed by atoms with Crippen LogP contribution in [0, 0.1) is 23.5 Å². The van der Waals surface area contributed by atoms with Crippen LogP contribution in [0.4, 0.5) is 14.8 Å². The van der Waals surface area contributed by atoms with E-state index < -0.39 is 17.7 Å². The van der Waals surface area contributed by atoms with Gasteiger partial charge in [0.15, 0.2) is 5.82 Å². The highest BCUT2D eigenvalue weighted by Gasteiger charge is 2.26. The smallest absolute Gasteiger partial charge is 0.324 e. The first-order valence-electron chi connectivity index (χ1n) is 12.8. The third-order valence-corrected chi connectivity index (χ3v) is 7.16. The zero-order chi connectivity index (χ0) is 25.7. The first kappa shape index (κ1) is 26.1. The molecule has 2 N–H and O–H groups in total. The summed E-state index contributed by atoms with van der Waals surface area (Å²) >= 11 is 0. The molecule has 4 rings (SSSR count). The molecule has 1 aliphatic rings. The van der Waals surface area contributed by atoms with Crippen LogP contribution in [0.1, 0.15) is 68.9 Å². The van der Waals surface area contributed by atoms with Crippen molar-refractivity contribution in [3.05, 3.63) is 71.1 Å². The molecular weight excluding hydrogens is 462 g/mol. The van der Waals surface area contributed by atoms with Crippen molar-refractivity contribution in [1.29, 1.82) is 0 Å². The molecule has 3 aromatic rings. The molecule has 1 saturated heterocycles. The molecule has 0 saturated carbocycles. The second-order valence-electron chi connectivity index (χ2n) is 10.1. The van der Waals surface area contributed by atoms with E-state index in [9.17, 15) is 8.78 Å². The number of nitrogens with two attached hydrogens (primary N) is 1. The van der Waals surface area contributed by atoms with E-state index in [0.29, 0.717) is 24.5 Å². The van der Waals surface area contributed by atoms with E-state index in [1.54, 1.807) is 0 Å². The Hall–Kier alpha value is -3.00. The predicted molar refractivity (Wildman–Crippen MR) is 136 cm³/mol. The van der Waals surface area contributed by atoms with E-state index in [0.717, 1.165) is 61.6 Å². The number of hydrogen-bond acceptors (Lipinski definition) is 6. The Morgan fingerprint density at radius 3 is 2.47 bits per heavy atom. The molecule has 2 aromatic carbocycles. The second kappa shape index (κ2) is 11.8. The first-order valence-corrected chi connectivity index (χ1v) is 12.8. The summed E-state index contributed by atoms with van der Waals surface area (Å²) in [6.07, 6.45) is 3.40. The molecule has 1 aliphatic heterocycles. The van der Waals surface area contributed by atoms with Crippen molar-refractivity contribution < 1.29 is 18.0 Å². The van der Waals surface area contributed by atoms with E-state index in [-0.39, 0.29) is 17.9 Å². The first-order chi connectivity index (χ1) is 17.3. The maximum atomic E-state index is 13.9. The minimum absolute atomic E-state index is 0.228. The number of nitrogens with zero attached hydrogens (tertiary/aromatic N) is 3. The van der Waals surface area contributed by atoms with Crippen LogP contribution >= 0.6 is 0 Å². The molecule has 0 aliphatic carbocycles. The lowest BCUT2D eigenvalue weighted by molar-refractivity contribution is 0.220. The van der Waals surface area contributed by atoms with Gasteiger partial charge in [-0.1, -0.05) is 38.1 Å². The molecule has 0 bridgehead atoms. The summed E-state index contributed by atoms with van der Waals surface area (Å²) in [5.74, 6) is 2.08. The van der Waals surface area contributed by atoms with Gasteiger partial charge in [0.1, 0.15) is 17.4 Å². The fourth-order valence-electron chi connectivity index (χ4n) is 4.71. The van der Waals surface area contributed by atoms with Crippen LogP contribution in [-0.2, 0) is 6.42 Å². The van der Waals surface area contributed by atoms with Crippen LogP contribution in [0.5, 0.6) is 5.75 Å². The van der Waals surface area contributed by atoms with Gasteiger partial charge in [-0.15, -0.1) is 0 Å². The van der Waals surface area contributed by atoms with Crippen LogP contribution in [0.15, 0.2) is 47.0 Å². The third-order valence-electron chi connectivity index (χ3n) is 7.16. The van der Waals surface area contributed by atoms with Crippen LogP contribution in [0.2, 0.25) is 0 Å². The Labute approximate surface area is 211 Å². The summed E-state index contributed by atoms with van der Waals surface area (Å²) in [6.45, 7) is 8.91. The third kappa shape index (κ3) is 6.60. The normalized spacial score (nSPS) is 16.4. The van der Waals surface area contributed by atoms with Crippen molar-refractivity contribution in [3.63, 3.8) is 0 Å². The number of piperidine rings is 1. The van der Waals surface area contributed by atoms with Gasteiger partial charge in [-0.05, 0) is 79.0 Å². The largest absolute Gasteiger partial charge is 0.494 e. The highest BCUT2D eigenvalue weighted by atomic mass is 19.1. The molecule has 2 atom stereocenters. The summed E-state index contributed by atoms with van der Waals surface area (Å²) < 4.78 is 38.8. The Kier molecular flexibility index (Phi) is 8.56. The maximum Gasteiger partial charge on any atom is 0.324 e. The minimum atomic E-state index is -0.464. The highest BCUT2D eigenvalue weighted by Crippen LogP contribution is 2.30. The average Bonchev–Trinajstić information content (AvgIpc) is 3.37. The van der Waals surface area contributed by atoms with Gasteiger partial charge in [-0.25, -0.2) is 8.78 Å². The van der Waals surface area contributed by atoms with Crippen LogP contribution in [0.3, 0.4) is 0 Å². The zero-order valence-corrected chi connectivity index (χ0v) is 21.3. The SMILES string of the molecule is CC(C)c1noc(N2CCC(C(C)CCOc3ccc(C(N)Cc4cc(F)ccc4F)cc3)CC2)n1. The summed E-state index contributed by atoms with van der Waals surface area (Å²) in [5, 5.41) is 4.07. The minimum Gasteiger partial charge on any atom is -0.494 e. The van der Waals surface area contributed by atoms with E-state index >= 15 is 0 Å². The van der Waals surface area contributed by atoms with E-state index in [1.807, 2.05) is 24.3 Å². The van der Waals surface area contributed by atoms with Gasteiger partial charge < -0.3 is 19.9 Å². The molecule has 194 valence electrons. The fraction of sp³-hybridized carbons (Fsp3) is 0.500. The van der Waals surface area contributed by atoms with Gasteiger partial charge in [0.25, 0.3) is 0 Å². The Bertz CT molecular complexity index is 1110. The zero-order valence-electron chi connectivity index (χ0n) is 21.3. The van der Waals surface area contributed by atoms with Gasteiger partial charge in [0.05, 0.1) is 6.61 Å². The second-order valence-corrected chi connectivity index (χ2v) is 10.1. The molecule has 36 heavy (non-hydrogen) atoms.